The van der Waals surface area contributed by atoms with Crippen molar-refractivity contribution >= 4 is 0 Å². The van der Waals surface area contributed by atoms with Gasteiger partial charge in [-0.15, -0.1) is 0 Å². The van der Waals surface area contributed by atoms with Crippen LogP contribution in [0.25, 0.3) is 0 Å². The highest BCUT2D eigenvalue weighted by Crippen LogP contribution is 2.35. The molecule has 0 amide bonds. The van der Waals surface area contributed by atoms with Crippen molar-refractivity contribution in [2.75, 3.05) is 0 Å². The third kappa shape index (κ3) is 4.00. The van der Waals surface area contributed by atoms with E-state index < -0.39 is 0 Å². The molecule has 1 unspecified atom stereocenters. The van der Waals surface area contributed by atoms with E-state index >= 15 is 0 Å². The molecule has 0 aromatic carbocycles. The molecule has 1 atom stereocenters. The summed E-state index contributed by atoms with van der Waals surface area (Å²) in [6.07, 6.45) is 7.30. The Balaban J connectivity index is 1.94. The Morgan fingerprint density at radius 2 is 2.05 bits per heavy atom. The van der Waals surface area contributed by atoms with Gasteiger partial charge in [0, 0.05) is 12.1 Å². The fourth-order valence-corrected chi connectivity index (χ4v) is 2.86. The molecule has 1 heterocycles. The van der Waals surface area contributed by atoms with E-state index in [4.69, 9.17) is 0 Å². The molecule has 1 aromatic heterocycles. The summed E-state index contributed by atoms with van der Waals surface area (Å²) in [5.74, 6) is -0.266. The van der Waals surface area contributed by atoms with Crippen molar-refractivity contribution in [3.63, 3.8) is 0 Å². The van der Waals surface area contributed by atoms with Gasteiger partial charge in [0.05, 0.1) is 11.9 Å². The lowest BCUT2D eigenvalue weighted by Crippen LogP contribution is -2.38. The van der Waals surface area contributed by atoms with Crippen LogP contribution in [0.3, 0.4) is 0 Å². The standard InChI is InChI=1S/C16H25FN2/c1-4-14(15-6-5-12(17)11-18-15)19-13-7-9-16(2,3)10-8-13/h5-6,11,13-14,19H,4,7-10H2,1-3H3. The maximum atomic E-state index is 12.9. The molecule has 1 fully saturated rings. The number of hydrogen-bond donors (Lipinski definition) is 1. The molecule has 106 valence electrons. The van der Waals surface area contributed by atoms with Crippen LogP contribution in [0.5, 0.6) is 0 Å². The summed E-state index contributed by atoms with van der Waals surface area (Å²) < 4.78 is 12.9. The smallest absolute Gasteiger partial charge is 0.141 e. The van der Waals surface area contributed by atoms with Crippen LogP contribution in [0.2, 0.25) is 0 Å². The first-order chi connectivity index (χ1) is 9.00. The summed E-state index contributed by atoms with van der Waals surface area (Å²) in [6.45, 7) is 6.85. The van der Waals surface area contributed by atoms with Crippen LogP contribution in [0.4, 0.5) is 4.39 Å². The SMILES string of the molecule is CCC(NC1CCC(C)(C)CC1)c1ccc(F)cn1. The van der Waals surface area contributed by atoms with Gasteiger partial charge in [-0.25, -0.2) is 4.39 Å². The largest absolute Gasteiger partial charge is 0.306 e. The molecular weight excluding hydrogens is 239 g/mol. The Hall–Kier alpha value is -0.960. The van der Waals surface area contributed by atoms with Gasteiger partial charge in [0.15, 0.2) is 0 Å². The second kappa shape index (κ2) is 6.00. The number of halogens is 1. The third-order valence-corrected chi connectivity index (χ3v) is 4.29. The van der Waals surface area contributed by atoms with Gasteiger partial charge < -0.3 is 5.32 Å². The van der Waals surface area contributed by atoms with Crippen molar-refractivity contribution in [2.45, 2.75) is 65.0 Å². The van der Waals surface area contributed by atoms with E-state index in [0.29, 0.717) is 11.5 Å². The number of pyridine rings is 1. The predicted octanol–water partition coefficient (Wildman–Crippen LogP) is 4.23. The number of rotatable bonds is 4. The predicted molar refractivity (Wildman–Crippen MR) is 76.4 cm³/mol. The molecule has 2 nitrogen and oxygen atoms in total. The minimum absolute atomic E-state index is 0.242. The Morgan fingerprint density at radius 3 is 2.58 bits per heavy atom. The van der Waals surface area contributed by atoms with E-state index in [2.05, 4.69) is 31.1 Å². The first kappa shape index (κ1) is 14.4. The van der Waals surface area contributed by atoms with Crippen molar-refractivity contribution in [1.82, 2.24) is 10.3 Å². The first-order valence-corrected chi connectivity index (χ1v) is 7.38. The summed E-state index contributed by atoms with van der Waals surface area (Å²) in [7, 11) is 0. The highest BCUT2D eigenvalue weighted by atomic mass is 19.1. The molecule has 0 aliphatic heterocycles. The Kier molecular flexibility index (Phi) is 4.56. The highest BCUT2D eigenvalue weighted by Gasteiger charge is 2.28. The monoisotopic (exact) mass is 264 g/mol. The Labute approximate surface area is 115 Å². The molecule has 1 saturated carbocycles. The molecule has 0 spiro atoms. The zero-order chi connectivity index (χ0) is 13.9. The molecule has 2 rings (SSSR count). The van der Waals surface area contributed by atoms with E-state index in [-0.39, 0.29) is 11.9 Å². The molecule has 1 aromatic rings. The van der Waals surface area contributed by atoms with Gasteiger partial charge in [0.1, 0.15) is 5.82 Å². The van der Waals surface area contributed by atoms with Gasteiger partial charge in [0.25, 0.3) is 0 Å². The van der Waals surface area contributed by atoms with Gasteiger partial charge >= 0.3 is 0 Å². The number of aromatic nitrogens is 1. The van der Waals surface area contributed by atoms with Crippen LogP contribution in [0.1, 0.15) is 64.6 Å². The normalized spacial score (nSPS) is 21.3. The number of nitrogens with one attached hydrogen (secondary N) is 1. The van der Waals surface area contributed by atoms with Crippen molar-refractivity contribution in [2.24, 2.45) is 5.41 Å². The van der Waals surface area contributed by atoms with Gasteiger partial charge in [-0.05, 0) is 49.7 Å². The average molecular weight is 264 g/mol. The van der Waals surface area contributed by atoms with Crippen molar-refractivity contribution in [3.8, 4) is 0 Å². The fraction of sp³-hybridized carbons (Fsp3) is 0.688. The van der Waals surface area contributed by atoms with Crippen LogP contribution in [-0.2, 0) is 0 Å². The topological polar surface area (TPSA) is 24.9 Å². The number of hydrogen-bond acceptors (Lipinski definition) is 2. The van der Waals surface area contributed by atoms with Crippen LogP contribution >= 0.6 is 0 Å². The fourth-order valence-electron chi connectivity index (χ4n) is 2.86. The minimum atomic E-state index is -0.266. The van der Waals surface area contributed by atoms with E-state index in [1.165, 1.54) is 37.9 Å². The maximum absolute atomic E-state index is 12.9. The average Bonchev–Trinajstić information content (AvgIpc) is 2.39. The van der Waals surface area contributed by atoms with E-state index in [1.54, 1.807) is 6.07 Å². The molecule has 0 bridgehead atoms. The van der Waals surface area contributed by atoms with E-state index in [9.17, 15) is 4.39 Å². The molecular formula is C16H25FN2. The lowest BCUT2D eigenvalue weighted by molar-refractivity contribution is 0.196. The summed E-state index contributed by atoms with van der Waals surface area (Å²) in [4.78, 5) is 4.21. The van der Waals surface area contributed by atoms with E-state index in [1.807, 2.05) is 0 Å². The number of nitrogens with zero attached hydrogens (tertiary/aromatic N) is 1. The second-order valence-corrected chi connectivity index (χ2v) is 6.47. The molecule has 1 aliphatic rings. The third-order valence-electron chi connectivity index (χ3n) is 4.29. The molecule has 1 N–H and O–H groups in total. The highest BCUT2D eigenvalue weighted by molar-refractivity contribution is 5.10. The molecule has 1 aliphatic carbocycles. The molecule has 3 heteroatoms. The first-order valence-electron chi connectivity index (χ1n) is 7.38. The van der Waals surface area contributed by atoms with Crippen molar-refractivity contribution < 1.29 is 4.39 Å². The van der Waals surface area contributed by atoms with Crippen molar-refractivity contribution in [1.29, 1.82) is 0 Å². The van der Waals surface area contributed by atoms with Gasteiger partial charge in [0.2, 0.25) is 0 Å². The summed E-state index contributed by atoms with van der Waals surface area (Å²) >= 11 is 0. The van der Waals surface area contributed by atoms with Gasteiger partial charge in [-0.1, -0.05) is 20.8 Å². The van der Waals surface area contributed by atoms with Gasteiger partial charge in [-0.3, -0.25) is 4.98 Å². The van der Waals surface area contributed by atoms with Gasteiger partial charge in [-0.2, -0.15) is 0 Å². The molecule has 0 radical (unpaired) electrons. The zero-order valence-electron chi connectivity index (χ0n) is 12.2. The van der Waals surface area contributed by atoms with Crippen LogP contribution in [0.15, 0.2) is 18.3 Å². The summed E-state index contributed by atoms with van der Waals surface area (Å²) in [5, 5.41) is 3.69. The maximum Gasteiger partial charge on any atom is 0.141 e. The summed E-state index contributed by atoms with van der Waals surface area (Å²) in [5.41, 5.74) is 1.45. The molecule has 19 heavy (non-hydrogen) atoms. The quantitative estimate of drug-likeness (QED) is 0.880. The Morgan fingerprint density at radius 1 is 1.37 bits per heavy atom. The lowest BCUT2D eigenvalue weighted by Gasteiger charge is -2.36. The van der Waals surface area contributed by atoms with Crippen molar-refractivity contribution in [3.05, 3.63) is 29.8 Å². The van der Waals surface area contributed by atoms with Crippen LogP contribution in [-0.4, -0.2) is 11.0 Å². The Bertz CT molecular complexity index is 390. The van der Waals surface area contributed by atoms with E-state index in [0.717, 1.165) is 12.1 Å². The zero-order valence-corrected chi connectivity index (χ0v) is 12.2. The second-order valence-electron chi connectivity index (χ2n) is 6.47. The van der Waals surface area contributed by atoms with Crippen LogP contribution in [0, 0.1) is 11.2 Å². The molecule has 0 saturated heterocycles. The lowest BCUT2D eigenvalue weighted by atomic mass is 9.75. The van der Waals surface area contributed by atoms with Crippen LogP contribution < -0.4 is 5.32 Å². The minimum Gasteiger partial charge on any atom is -0.306 e. The summed E-state index contributed by atoms with van der Waals surface area (Å²) in [6, 6.07) is 4.11.